The summed E-state index contributed by atoms with van der Waals surface area (Å²) in [5, 5.41) is 0. The normalized spacial score (nSPS) is 16.8. The summed E-state index contributed by atoms with van der Waals surface area (Å²) >= 11 is 0. The molecule has 0 amide bonds. The number of hydrogen-bond donors (Lipinski definition) is 0. The number of methoxy groups -OCH3 is 1. The monoisotopic (exact) mass is 250 g/mol. The Hall–Kier alpha value is -1.55. The van der Waals surface area contributed by atoms with Crippen LogP contribution in [0.5, 0.6) is 11.5 Å². The van der Waals surface area contributed by atoms with Gasteiger partial charge < -0.3 is 19.0 Å². The van der Waals surface area contributed by atoms with Gasteiger partial charge in [0.1, 0.15) is 12.4 Å². The third-order valence-corrected chi connectivity index (χ3v) is 3.11. The molecule has 1 aliphatic heterocycles. The van der Waals surface area contributed by atoms with Gasteiger partial charge in [-0.15, -0.1) is 0 Å². The van der Waals surface area contributed by atoms with Crippen LogP contribution in [0.4, 0.5) is 0 Å². The summed E-state index contributed by atoms with van der Waals surface area (Å²) in [7, 11) is 1.62. The zero-order chi connectivity index (χ0) is 13.0. The minimum absolute atomic E-state index is 0.122. The summed E-state index contributed by atoms with van der Waals surface area (Å²) in [5.41, 5.74) is 1.08. The first kappa shape index (κ1) is 12.9. The molecule has 2 rings (SSSR count). The molecule has 0 spiro atoms. The number of rotatable bonds is 6. The van der Waals surface area contributed by atoms with Crippen LogP contribution in [0, 0.1) is 0 Å². The number of carbonyl (C=O) groups is 1. The van der Waals surface area contributed by atoms with Crippen molar-refractivity contribution in [2.75, 3.05) is 20.3 Å². The van der Waals surface area contributed by atoms with Crippen molar-refractivity contribution in [2.24, 2.45) is 0 Å². The molecule has 0 radical (unpaired) electrons. The topological polar surface area (TPSA) is 44.8 Å². The minimum atomic E-state index is 0.122. The molecule has 0 saturated carbocycles. The van der Waals surface area contributed by atoms with Crippen LogP contribution in [0.25, 0.3) is 0 Å². The van der Waals surface area contributed by atoms with Crippen LogP contribution in [0.2, 0.25) is 0 Å². The third kappa shape index (κ3) is 2.82. The van der Waals surface area contributed by atoms with Crippen LogP contribution in [-0.2, 0) is 9.53 Å². The van der Waals surface area contributed by atoms with E-state index in [-0.39, 0.29) is 12.0 Å². The summed E-state index contributed by atoms with van der Waals surface area (Å²) in [6, 6.07) is 5.81. The molecule has 1 atom stereocenters. The Morgan fingerprint density at radius 3 is 2.78 bits per heavy atom. The molecule has 0 aliphatic carbocycles. The molecule has 4 nitrogen and oxygen atoms in total. The Bertz CT molecular complexity index is 412. The average molecular weight is 250 g/mol. The second-order valence-electron chi connectivity index (χ2n) is 4.49. The Kier molecular flexibility index (Phi) is 4.20. The van der Waals surface area contributed by atoms with Gasteiger partial charge in [-0.25, -0.2) is 0 Å². The molecule has 1 saturated heterocycles. The summed E-state index contributed by atoms with van der Waals surface area (Å²) < 4.78 is 16.1. The Morgan fingerprint density at radius 1 is 1.44 bits per heavy atom. The predicted molar refractivity (Wildman–Crippen MR) is 67.3 cm³/mol. The fourth-order valence-electron chi connectivity index (χ4n) is 1.83. The van der Waals surface area contributed by atoms with Gasteiger partial charge in [-0.3, -0.25) is 0 Å². The van der Waals surface area contributed by atoms with E-state index >= 15 is 0 Å². The first-order chi connectivity index (χ1) is 8.74. The van der Waals surface area contributed by atoms with E-state index in [0.717, 1.165) is 17.6 Å². The number of hydrogen-bond acceptors (Lipinski definition) is 4. The number of ether oxygens (including phenoxy) is 3. The lowest BCUT2D eigenvalue weighted by molar-refractivity contribution is -0.108. The van der Waals surface area contributed by atoms with E-state index < -0.39 is 0 Å². The first-order valence-electron chi connectivity index (χ1n) is 6.10. The molecule has 18 heavy (non-hydrogen) atoms. The minimum Gasteiger partial charge on any atom is -0.493 e. The van der Waals surface area contributed by atoms with Crippen molar-refractivity contribution in [3.05, 3.63) is 23.8 Å². The molecule has 1 aliphatic rings. The quantitative estimate of drug-likeness (QED) is 0.726. The highest BCUT2D eigenvalue weighted by Gasteiger charge is 2.22. The largest absolute Gasteiger partial charge is 0.493 e. The van der Waals surface area contributed by atoms with Crippen molar-refractivity contribution in [1.29, 1.82) is 0 Å². The molecule has 0 aromatic heterocycles. The molecular weight excluding hydrogens is 232 g/mol. The van der Waals surface area contributed by atoms with Gasteiger partial charge in [-0.2, -0.15) is 0 Å². The van der Waals surface area contributed by atoms with E-state index in [4.69, 9.17) is 14.2 Å². The van der Waals surface area contributed by atoms with Gasteiger partial charge in [0.25, 0.3) is 0 Å². The second-order valence-corrected chi connectivity index (χ2v) is 4.49. The van der Waals surface area contributed by atoms with Gasteiger partial charge in [0, 0.05) is 6.42 Å². The molecule has 1 heterocycles. The summed E-state index contributed by atoms with van der Waals surface area (Å²) in [4.78, 5) is 10.5. The standard InChI is InChI=1S/C14H18O4/c1-10(5-6-15)11-3-4-13(14(7-11)16-2)18-12-8-17-9-12/h3-4,6-7,10,12H,5,8-9H2,1-2H3. The molecule has 0 bridgehead atoms. The maximum atomic E-state index is 10.5. The Labute approximate surface area is 107 Å². The van der Waals surface area contributed by atoms with Crippen molar-refractivity contribution in [2.45, 2.75) is 25.4 Å². The van der Waals surface area contributed by atoms with Gasteiger partial charge >= 0.3 is 0 Å². The van der Waals surface area contributed by atoms with Crippen LogP contribution >= 0.6 is 0 Å². The van der Waals surface area contributed by atoms with E-state index in [9.17, 15) is 4.79 Å². The van der Waals surface area contributed by atoms with Gasteiger partial charge in [0.15, 0.2) is 11.5 Å². The highest BCUT2D eigenvalue weighted by Crippen LogP contribution is 2.32. The maximum Gasteiger partial charge on any atom is 0.161 e. The first-order valence-corrected chi connectivity index (χ1v) is 6.10. The van der Waals surface area contributed by atoms with Crippen LogP contribution < -0.4 is 9.47 Å². The maximum absolute atomic E-state index is 10.5. The highest BCUT2D eigenvalue weighted by molar-refractivity contribution is 5.52. The lowest BCUT2D eigenvalue weighted by Gasteiger charge is -2.27. The van der Waals surface area contributed by atoms with Crippen molar-refractivity contribution in [1.82, 2.24) is 0 Å². The molecule has 1 aromatic rings. The molecule has 0 N–H and O–H groups in total. The zero-order valence-corrected chi connectivity index (χ0v) is 10.7. The van der Waals surface area contributed by atoms with Crippen LogP contribution in [0.15, 0.2) is 18.2 Å². The van der Waals surface area contributed by atoms with Crippen molar-refractivity contribution < 1.29 is 19.0 Å². The van der Waals surface area contributed by atoms with E-state index in [0.29, 0.717) is 25.4 Å². The van der Waals surface area contributed by atoms with E-state index in [2.05, 4.69) is 0 Å². The summed E-state index contributed by atoms with van der Waals surface area (Å²) in [5.74, 6) is 1.63. The van der Waals surface area contributed by atoms with Crippen LogP contribution in [-0.4, -0.2) is 32.7 Å². The second kappa shape index (κ2) is 5.87. The smallest absolute Gasteiger partial charge is 0.161 e. The zero-order valence-electron chi connectivity index (χ0n) is 10.7. The fourth-order valence-corrected chi connectivity index (χ4v) is 1.83. The van der Waals surface area contributed by atoms with Gasteiger partial charge in [-0.05, 0) is 23.6 Å². The molecule has 1 fully saturated rings. The van der Waals surface area contributed by atoms with Gasteiger partial charge in [-0.1, -0.05) is 13.0 Å². The molecule has 98 valence electrons. The van der Waals surface area contributed by atoms with Crippen LogP contribution in [0.3, 0.4) is 0 Å². The Morgan fingerprint density at radius 2 is 2.22 bits per heavy atom. The predicted octanol–water partition coefficient (Wildman–Crippen LogP) is 2.17. The average Bonchev–Trinajstić information content (AvgIpc) is 2.34. The molecule has 4 heteroatoms. The molecule has 1 unspecified atom stereocenters. The van der Waals surface area contributed by atoms with Crippen molar-refractivity contribution in [3.63, 3.8) is 0 Å². The van der Waals surface area contributed by atoms with E-state index in [1.165, 1.54) is 0 Å². The number of benzene rings is 1. The lowest BCUT2D eigenvalue weighted by Crippen LogP contribution is -2.38. The summed E-state index contributed by atoms with van der Waals surface area (Å²) in [6.07, 6.45) is 1.57. The number of aldehydes is 1. The molecule has 1 aromatic carbocycles. The SMILES string of the molecule is COc1cc(C(C)CC=O)ccc1OC1COC1. The van der Waals surface area contributed by atoms with E-state index in [1.54, 1.807) is 7.11 Å². The lowest BCUT2D eigenvalue weighted by atomic mass is 9.98. The third-order valence-electron chi connectivity index (χ3n) is 3.11. The van der Waals surface area contributed by atoms with Gasteiger partial charge in [0.2, 0.25) is 0 Å². The Balaban J connectivity index is 2.13. The van der Waals surface area contributed by atoms with Crippen LogP contribution in [0.1, 0.15) is 24.8 Å². The van der Waals surface area contributed by atoms with Crippen molar-refractivity contribution >= 4 is 6.29 Å². The molecular formula is C14H18O4. The highest BCUT2D eigenvalue weighted by atomic mass is 16.6. The van der Waals surface area contributed by atoms with Gasteiger partial charge in [0.05, 0.1) is 20.3 Å². The van der Waals surface area contributed by atoms with E-state index in [1.807, 2.05) is 25.1 Å². The number of carbonyl (C=O) groups excluding carboxylic acids is 1. The fraction of sp³-hybridized carbons (Fsp3) is 0.500. The summed E-state index contributed by atoms with van der Waals surface area (Å²) in [6.45, 7) is 3.28. The van der Waals surface area contributed by atoms with Crippen molar-refractivity contribution in [3.8, 4) is 11.5 Å².